The number of nitrogens with two attached hydrogens (primary N) is 1. The summed E-state index contributed by atoms with van der Waals surface area (Å²) in [5.74, 6) is 1.08. The summed E-state index contributed by atoms with van der Waals surface area (Å²) in [6, 6.07) is 4.53. The summed E-state index contributed by atoms with van der Waals surface area (Å²) in [4.78, 5) is 6.96. The maximum atomic E-state index is 5.98. The second-order valence-corrected chi connectivity index (χ2v) is 5.76. The van der Waals surface area contributed by atoms with Gasteiger partial charge in [0.2, 0.25) is 0 Å². The van der Waals surface area contributed by atoms with E-state index < -0.39 is 0 Å². The highest BCUT2D eigenvalue weighted by atomic mass is 16.5. The van der Waals surface area contributed by atoms with Crippen LogP contribution in [0.1, 0.15) is 31.7 Å². The van der Waals surface area contributed by atoms with E-state index in [1.54, 1.807) is 0 Å². The zero-order valence-corrected chi connectivity index (χ0v) is 11.6. The second-order valence-electron chi connectivity index (χ2n) is 5.76. The number of morpholine rings is 1. The van der Waals surface area contributed by atoms with E-state index in [-0.39, 0.29) is 6.04 Å². The summed E-state index contributed by atoms with van der Waals surface area (Å²) in [6.45, 7) is 4.09. The van der Waals surface area contributed by atoms with Crippen LogP contribution in [0.3, 0.4) is 0 Å². The molecule has 0 aliphatic carbocycles. The Morgan fingerprint density at radius 3 is 2.68 bits per heavy atom. The molecular formula is C15H23N3O. The lowest BCUT2D eigenvalue weighted by atomic mass is 10.1. The van der Waals surface area contributed by atoms with E-state index in [2.05, 4.69) is 28.9 Å². The minimum Gasteiger partial charge on any atom is -0.371 e. The van der Waals surface area contributed by atoms with Crippen LogP contribution < -0.4 is 10.6 Å². The van der Waals surface area contributed by atoms with Gasteiger partial charge in [-0.15, -0.1) is 0 Å². The van der Waals surface area contributed by atoms with Crippen molar-refractivity contribution in [1.82, 2.24) is 4.98 Å². The Hall–Kier alpha value is -1.13. The van der Waals surface area contributed by atoms with Gasteiger partial charge in [-0.25, -0.2) is 4.98 Å². The molecule has 19 heavy (non-hydrogen) atoms. The van der Waals surface area contributed by atoms with Crippen LogP contribution in [0.5, 0.6) is 0 Å². The molecule has 4 nitrogen and oxygen atoms in total. The Morgan fingerprint density at radius 1 is 1.37 bits per heavy atom. The number of rotatable bonds is 4. The van der Waals surface area contributed by atoms with Crippen LogP contribution in [-0.4, -0.2) is 36.3 Å². The zero-order valence-electron chi connectivity index (χ0n) is 11.6. The van der Waals surface area contributed by atoms with Crippen molar-refractivity contribution in [3.63, 3.8) is 0 Å². The third kappa shape index (κ3) is 2.90. The minimum absolute atomic E-state index is 0.242. The highest BCUT2D eigenvalue weighted by Crippen LogP contribution is 2.28. The average Bonchev–Trinajstić information content (AvgIpc) is 2.78. The maximum absolute atomic E-state index is 5.98. The Morgan fingerprint density at radius 2 is 2.11 bits per heavy atom. The third-order valence-corrected chi connectivity index (χ3v) is 4.20. The van der Waals surface area contributed by atoms with Crippen LogP contribution in [0.25, 0.3) is 0 Å². The molecule has 2 aliphatic heterocycles. The fraction of sp³-hybridized carbons (Fsp3) is 0.667. The van der Waals surface area contributed by atoms with Gasteiger partial charge in [-0.1, -0.05) is 13.0 Å². The number of fused-ring (bicyclic) bond motifs is 2. The van der Waals surface area contributed by atoms with Crippen molar-refractivity contribution in [1.29, 1.82) is 0 Å². The molecule has 104 valence electrons. The summed E-state index contributed by atoms with van der Waals surface area (Å²) >= 11 is 0. The molecule has 2 saturated heterocycles. The summed E-state index contributed by atoms with van der Waals surface area (Å²) in [5.41, 5.74) is 7.21. The average molecular weight is 261 g/mol. The van der Waals surface area contributed by atoms with E-state index in [1.165, 1.54) is 18.4 Å². The molecule has 0 amide bonds. The second kappa shape index (κ2) is 5.47. The Balaban J connectivity index is 1.65. The maximum Gasteiger partial charge on any atom is 0.128 e. The number of ether oxygens (including phenoxy) is 1. The lowest BCUT2D eigenvalue weighted by Crippen LogP contribution is -2.43. The largest absolute Gasteiger partial charge is 0.371 e. The van der Waals surface area contributed by atoms with E-state index in [4.69, 9.17) is 10.5 Å². The number of hydrogen-bond donors (Lipinski definition) is 1. The first-order valence-electron chi connectivity index (χ1n) is 7.35. The fourth-order valence-electron chi connectivity index (χ4n) is 2.97. The molecule has 4 heteroatoms. The number of hydrogen-bond acceptors (Lipinski definition) is 4. The van der Waals surface area contributed by atoms with Gasteiger partial charge in [-0.3, -0.25) is 0 Å². The first-order valence-corrected chi connectivity index (χ1v) is 7.35. The van der Waals surface area contributed by atoms with Crippen LogP contribution >= 0.6 is 0 Å². The zero-order chi connectivity index (χ0) is 13.2. The Bertz CT molecular complexity index is 408. The molecule has 3 unspecified atom stereocenters. The molecule has 1 aromatic heterocycles. The van der Waals surface area contributed by atoms with Crippen molar-refractivity contribution in [3.05, 3.63) is 23.9 Å². The number of aromatic nitrogens is 1. The third-order valence-electron chi connectivity index (χ3n) is 4.20. The van der Waals surface area contributed by atoms with Gasteiger partial charge in [0.05, 0.1) is 12.2 Å². The number of anilines is 1. The van der Waals surface area contributed by atoms with E-state index >= 15 is 0 Å². The predicted molar refractivity (Wildman–Crippen MR) is 76.3 cm³/mol. The van der Waals surface area contributed by atoms with Crippen LogP contribution in [0, 0.1) is 0 Å². The lowest BCUT2D eigenvalue weighted by Gasteiger charge is -2.33. The first kappa shape index (κ1) is 12.9. The van der Waals surface area contributed by atoms with Crippen LogP contribution in [0.2, 0.25) is 0 Å². The van der Waals surface area contributed by atoms with E-state index in [9.17, 15) is 0 Å². The first-order chi connectivity index (χ1) is 9.24. The van der Waals surface area contributed by atoms with Gasteiger partial charge in [-0.05, 0) is 37.3 Å². The van der Waals surface area contributed by atoms with Crippen molar-refractivity contribution in [2.75, 3.05) is 18.0 Å². The summed E-state index contributed by atoms with van der Waals surface area (Å²) in [6.07, 6.45) is 7.12. The molecule has 0 spiro atoms. The summed E-state index contributed by atoms with van der Waals surface area (Å²) < 4.78 is 5.85. The summed E-state index contributed by atoms with van der Waals surface area (Å²) in [7, 11) is 0. The van der Waals surface area contributed by atoms with Crippen molar-refractivity contribution >= 4 is 5.82 Å². The molecule has 2 aliphatic rings. The van der Waals surface area contributed by atoms with Crippen LogP contribution in [0.15, 0.2) is 18.3 Å². The lowest BCUT2D eigenvalue weighted by molar-refractivity contribution is 0.0302. The van der Waals surface area contributed by atoms with Gasteiger partial charge in [0.1, 0.15) is 5.82 Å². The topological polar surface area (TPSA) is 51.4 Å². The molecule has 3 atom stereocenters. The molecule has 2 N–H and O–H groups in total. The number of pyridine rings is 1. The minimum atomic E-state index is 0.242. The van der Waals surface area contributed by atoms with Gasteiger partial charge >= 0.3 is 0 Å². The summed E-state index contributed by atoms with van der Waals surface area (Å²) in [5, 5.41) is 0. The van der Waals surface area contributed by atoms with E-state index in [0.29, 0.717) is 12.2 Å². The van der Waals surface area contributed by atoms with E-state index in [0.717, 1.165) is 31.7 Å². The highest BCUT2D eigenvalue weighted by Gasteiger charge is 2.34. The van der Waals surface area contributed by atoms with Crippen LogP contribution in [-0.2, 0) is 11.2 Å². The van der Waals surface area contributed by atoms with Gasteiger partial charge in [0.15, 0.2) is 0 Å². The Kier molecular flexibility index (Phi) is 3.71. The van der Waals surface area contributed by atoms with Gasteiger partial charge in [0.25, 0.3) is 0 Å². The standard InChI is InChI=1S/C15H23N3O/c1-2-12(16)7-11-3-6-15(17-8-11)18-9-13-4-5-14(10-18)19-13/h3,6,8,12-14H,2,4-5,7,9-10,16H2,1H3. The molecule has 2 fully saturated rings. The van der Waals surface area contributed by atoms with Crippen molar-refractivity contribution in [3.8, 4) is 0 Å². The van der Waals surface area contributed by atoms with Crippen molar-refractivity contribution < 1.29 is 4.74 Å². The SMILES string of the molecule is CCC(N)Cc1ccc(N2CC3CCC(C2)O3)nc1. The quantitative estimate of drug-likeness (QED) is 0.897. The predicted octanol–water partition coefficient (Wildman–Crippen LogP) is 1.73. The van der Waals surface area contributed by atoms with Gasteiger partial charge in [-0.2, -0.15) is 0 Å². The van der Waals surface area contributed by atoms with Crippen molar-refractivity contribution in [2.45, 2.75) is 50.9 Å². The molecule has 1 aromatic rings. The molecule has 3 rings (SSSR count). The fourth-order valence-corrected chi connectivity index (χ4v) is 2.97. The smallest absolute Gasteiger partial charge is 0.128 e. The normalized spacial score (nSPS) is 27.6. The Labute approximate surface area is 115 Å². The van der Waals surface area contributed by atoms with Gasteiger partial charge < -0.3 is 15.4 Å². The van der Waals surface area contributed by atoms with E-state index in [1.807, 2.05) is 6.20 Å². The monoisotopic (exact) mass is 261 g/mol. The van der Waals surface area contributed by atoms with Crippen LogP contribution in [0.4, 0.5) is 5.82 Å². The molecule has 0 aromatic carbocycles. The molecular weight excluding hydrogens is 238 g/mol. The molecule has 3 heterocycles. The van der Waals surface area contributed by atoms with Crippen molar-refractivity contribution in [2.24, 2.45) is 5.73 Å². The molecule has 0 radical (unpaired) electrons. The highest BCUT2D eigenvalue weighted by molar-refractivity contribution is 5.40. The molecule has 2 bridgehead atoms. The number of nitrogens with zero attached hydrogens (tertiary/aromatic N) is 2. The molecule has 0 saturated carbocycles. The van der Waals surface area contributed by atoms with Gasteiger partial charge in [0, 0.05) is 25.3 Å².